The van der Waals surface area contributed by atoms with Gasteiger partial charge in [-0.1, -0.05) is 54.1 Å². The summed E-state index contributed by atoms with van der Waals surface area (Å²) < 4.78 is 10.5. The van der Waals surface area contributed by atoms with Crippen molar-refractivity contribution < 1.29 is 28.7 Å². The van der Waals surface area contributed by atoms with Gasteiger partial charge in [-0.2, -0.15) is 0 Å². The molecule has 1 atom stereocenters. The van der Waals surface area contributed by atoms with Crippen molar-refractivity contribution >= 4 is 40.7 Å². The Hall–Kier alpha value is -3.97. The van der Waals surface area contributed by atoms with E-state index >= 15 is 0 Å². The largest absolute Gasteiger partial charge is 0.479 e. The third kappa shape index (κ3) is 4.63. The van der Waals surface area contributed by atoms with Crippen LogP contribution in [-0.4, -0.2) is 36.2 Å². The Kier molecular flexibility index (Phi) is 6.24. The predicted octanol–water partition coefficient (Wildman–Crippen LogP) is 4.06. The summed E-state index contributed by atoms with van der Waals surface area (Å²) in [5.74, 6) is -1.69. The summed E-state index contributed by atoms with van der Waals surface area (Å²) in [7, 11) is 0. The number of esters is 1. The molecule has 0 aliphatic heterocycles. The van der Waals surface area contributed by atoms with Gasteiger partial charge in [-0.25, -0.2) is 4.79 Å². The van der Waals surface area contributed by atoms with Gasteiger partial charge in [-0.15, -0.1) is 0 Å². The van der Waals surface area contributed by atoms with Crippen molar-refractivity contribution in [3.05, 3.63) is 94.0 Å². The lowest BCUT2D eigenvalue weighted by Crippen LogP contribution is -2.30. The number of benzene rings is 3. The molecule has 1 amide bonds. The first-order valence-electron chi connectivity index (χ1n) is 10.1. The van der Waals surface area contributed by atoms with E-state index in [0.29, 0.717) is 16.3 Å². The SMILES string of the molecule is CC(Oc1cccc(Cl)c1)C(=O)OCC(=O)Nc1cccc2c1C(=O)c1ccccc1C2=O. The van der Waals surface area contributed by atoms with Crippen molar-refractivity contribution in [3.63, 3.8) is 0 Å². The second-order valence-corrected chi connectivity index (χ2v) is 7.74. The normalized spacial score (nSPS) is 12.9. The number of amides is 1. The molecule has 0 saturated carbocycles. The van der Waals surface area contributed by atoms with Gasteiger partial charge < -0.3 is 14.8 Å². The summed E-state index contributed by atoms with van der Waals surface area (Å²) in [4.78, 5) is 50.4. The van der Waals surface area contributed by atoms with Crippen molar-refractivity contribution in [1.29, 1.82) is 0 Å². The van der Waals surface area contributed by atoms with Crippen molar-refractivity contribution in [2.75, 3.05) is 11.9 Å². The van der Waals surface area contributed by atoms with Crippen LogP contribution in [0, 0.1) is 0 Å². The summed E-state index contributed by atoms with van der Waals surface area (Å²) >= 11 is 5.89. The molecule has 1 aliphatic rings. The molecule has 33 heavy (non-hydrogen) atoms. The van der Waals surface area contributed by atoms with Gasteiger partial charge in [0.05, 0.1) is 11.3 Å². The smallest absolute Gasteiger partial charge is 0.347 e. The maximum atomic E-state index is 13.0. The number of carbonyl (C=O) groups excluding carboxylic acids is 4. The number of halogens is 1. The monoisotopic (exact) mass is 463 g/mol. The Morgan fingerprint density at radius 3 is 2.30 bits per heavy atom. The van der Waals surface area contributed by atoms with Crippen LogP contribution in [0.3, 0.4) is 0 Å². The minimum absolute atomic E-state index is 0.110. The maximum absolute atomic E-state index is 13.0. The number of hydrogen-bond donors (Lipinski definition) is 1. The van der Waals surface area contributed by atoms with Crippen LogP contribution in [0.4, 0.5) is 5.69 Å². The highest BCUT2D eigenvalue weighted by Crippen LogP contribution is 2.31. The second kappa shape index (κ2) is 9.26. The van der Waals surface area contributed by atoms with Gasteiger partial charge in [0.1, 0.15) is 5.75 Å². The number of nitrogens with one attached hydrogen (secondary N) is 1. The topological polar surface area (TPSA) is 98.8 Å². The van der Waals surface area contributed by atoms with Crippen molar-refractivity contribution in [3.8, 4) is 5.75 Å². The fraction of sp³-hybridized carbons (Fsp3) is 0.120. The Balaban J connectivity index is 1.42. The van der Waals surface area contributed by atoms with Gasteiger partial charge in [0.15, 0.2) is 24.3 Å². The van der Waals surface area contributed by atoms with Crippen LogP contribution < -0.4 is 10.1 Å². The number of ether oxygens (including phenoxy) is 2. The second-order valence-electron chi connectivity index (χ2n) is 7.31. The fourth-order valence-electron chi connectivity index (χ4n) is 3.48. The average molecular weight is 464 g/mol. The molecule has 3 aromatic carbocycles. The molecule has 0 bridgehead atoms. The molecule has 7 nitrogen and oxygen atoms in total. The van der Waals surface area contributed by atoms with E-state index in [0.717, 1.165) is 0 Å². The van der Waals surface area contributed by atoms with Crippen molar-refractivity contribution in [2.45, 2.75) is 13.0 Å². The van der Waals surface area contributed by atoms with Crippen LogP contribution in [0.15, 0.2) is 66.7 Å². The van der Waals surface area contributed by atoms with Crippen LogP contribution >= 0.6 is 11.6 Å². The number of anilines is 1. The molecule has 0 radical (unpaired) electrons. The minimum Gasteiger partial charge on any atom is -0.479 e. The lowest BCUT2D eigenvalue weighted by atomic mass is 9.83. The number of fused-ring (bicyclic) bond motifs is 2. The molecule has 1 N–H and O–H groups in total. The molecule has 1 aliphatic carbocycles. The van der Waals surface area contributed by atoms with E-state index in [1.165, 1.54) is 19.1 Å². The average Bonchev–Trinajstić information content (AvgIpc) is 2.81. The minimum atomic E-state index is -0.976. The van der Waals surface area contributed by atoms with Gasteiger partial charge in [0.25, 0.3) is 5.91 Å². The third-order valence-electron chi connectivity index (χ3n) is 5.01. The molecule has 0 fully saturated rings. The van der Waals surface area contributed by atoms with Crippen molar-refractivity contribution in [1.82, 2.24) is 0 Å². The van der Waals surface area contributed by atoms with E-state index in [4.69, 9.17) is 21.1 Å². The Bertz CT molecular complexity index is 1290. The van der Waals surface area contributed by atoms with E-state index in [9.17, 15) is 19.2 Å². The van der Waals surface area contributed by atoms with Crippen LogP contribution in [-0.2, 0) is 14.3 Å². The number of carbonyl (C=O) groups is 4. The fourth-order valence-corrected chi connectivity index (χ4v) is 3.66. The Morgan fingerprint density at radius 1 is 0.909 bits per heavy atom. The highest BCUT2D eigenvalue weighted by Gasteiger charge is 2.31. The Labute approximate surface area is 194 Å². The number of rotatable bonds is 6. The zero-order valence-electron chi connectivity index (χ0n) is 17.5. The molecular formula is C25H18ClNO6. The van der Waals surface area contributed by atoms with E-state index in [-0.39, 0.29) is 33.9 Å². The molecule has 0 spiro atoms. The van der Waals surface area contributed by atoms with E-state index in [2.05, 4.69) is 5.32 Å². The first kappa shape index (κ1) is 22.2. The van der Waals surface area contributed by atoms with Gasteiger partial charge in [-0.3, -0.25) is 14.4 Å². The number of hydrogen-bond acceptors (Lipinski definition) is 6. The zero-order chi connectivity index (χ0) is 23.5. The van der Waals surface area contributed by atoms with E-state index < -0.39 is 24.6 Å². The first-order chi connectivity index (χ1) is 15.8. The van der Waals surface area contributed by atoms with Gasteiger partial charge in [-0.05, 0) is 31.2 Å². The molecular weight excluding hydrogens is 446 g/mol. The molecule has 166 valence electrons. The molecule has 0 aromatic heterocycles. The van der Waals surface area contributed by atoms with Gasteiger partial charge in [0, 0.05) is 21.7 Å². The molecule has 0 heterocycles. The molecule has 4 rings (SSSR count). The summed E-state index contributed by atoms with van der Waals surface area (Å²) in [5, 5.41) is 3.01. The Morgan fingerprint density at radius 2 is 1.58 bits per heavy atom. The third-order valence-corrected chi connectivity index (χ3v) is 5.25. The predicted molar refractivity (Wildman–Crippen MR) is 121 cm³/mol. The van der Waals surface area contributed by atoms with Crippen molar-refractivity contribution in [2.24, 2.45) is 0 Å². The van der Waals surface area contributed by atoms with E-state index in [1.54, 1.807) is 54.6 Å². The standard InChI is InChI=1S/C25H18ClNO6/c1-14(33-16-7-4-6-15(26)12-16)25(31)32-13-21(28)27-20-11-5-10-19-22(20)24(30)18-9-3-2-8-17(18)23(19)29/h2-12,14H,13H2,1H3,(H,27,28). The van der Waals surface area contributed by atoms with Gasteiger partial charge >= 0.3 is 5.97 Å². The van der Waals surface area contributed by atoms with Crippen LogP contribution in [0.2, 0.25) is 5.02 Å². The summed E-state index contributed by atoms with van der Waals surface area (Å²) in [5.41, 5.74) is 1.08. The zero-order valence-corrected chi connectivity index (χ0v) is 18.2. The summed E-state index contributed by atoms with van der Waals surface area (Å²) in [6.45, 7) is 0.890. The molecule has 0 saturated heterocycles. The molecule has 8 heteroatoms. The van der Waals surface area contributed by atoms with E-state index in [1.807, 2.05) is 0 Å². The summed E-state index contributed by atoms with van der Waals surface area (Å²) in [6.07, 6.45) is -0.976. The number of ketones is 2. The lowest BCUT2D eigenvalue weighted by molar-refractivity contribution is -0.153. The summed E-state index contributed by atoms with van der Waals surface area (Å²) in [6, 6.07) is 17.7. The van der Waals surface area contributed by atoms with Gasteiger partial charge in [0.2, 0.25) is 0 Å². The van der Waals surface area contributed by atoms with Crippen LogP contribution in [0.1, 0.15) is 38.8 Å². The van der Waals surface area contributed by atoms with Crippen LogP contribution in [0.5, 0.6) is 5.75 Å². The maximum Gasteiger partial charge on any atom is 0.347 e. The highest BCUT2D eigenvalue weighted by molar-refractivity contribution is 6.31. The quantitative estimate of drug-likeness (QED) is 0.433. The molecule has 1 unspecified atom stereocenters. The first-order valence-corrected chi connectivity index (χ1v) is 10.4. The van der Waals surface area contributed by atoms with Crippen LogP contribution in [0.25, 0.3) is 0 Å². The molecule has 3 aromatic rings. The highest BCUT2D eigenvalue weighted by atomic mass is 35.5. The lowest BCUT2D eigenvalue weighted by Gasteiger charge is -2.20.